The number of aliphatic hydroxyl groups excluding tert-OH is 3. The van der Waals surface area contributed by atoms with E-state index in [1.807, 2.05) is 0 Å². The Bertz CT molecular complexity index is 2840. The molecule has 1 unspecified atom stereocenters. The number of aliphatic hydroxyl groups is 3. The highest BCUT2D eigenvalue weighted by molar-refractivity contribution is 5.70. The summed E-state index contributed by atoms with van der Waals surface area (Å²) < 4.78 is 18.9. The van der Waals surface area contributed by atoms with Crippen molar-refractivity contribution in [1.29, 1.82) is 0 Å². The maximum atomic E-state index is 12.5. The molecule has 0 aliphatic carbocycles. The summed E-state index contributed by atoms with van der Waals surface area (Å²) in [6, 6.07) is 14.4. The fourth-order valence-electron chi connectivity index (χ4n) is 8.94. The van der Waals surface area contributed by atoms with Crippen LogP contribution in [0.25, 0.3) is 0 Å². The Hall–Kier alpha value is -7.80. The second-order valence-corrected chi connectivity index (χ2v) is 15.7. The summed E-state index contributed by atoms with van der Waals surface area (Å²) in [7, 11) is 0. The molecule has 326 valence electrons. The topological polar surface area (TPSA) is 331 Å². The lowest BCUT2D eigenvalue weighted by Gasteiger charge is -2.43. The van der Waals surface area contributed by atoms with Crippen LogP contribution in [0.3, 0.4) is 0 Å². The highest BCUT2D eigenvalue weighted by atomic mass is 16.5. The molecule has 0 amide bonds. The first-order valence-corrected chi connectivity index (χ1v) is 19.3. The van der Waals surface area contributed by atoms with Gasteiger partial charge in [-0.2, -0.15) is 0 Å². The SMILES string of the molecule is Oc1cc(O)c2c(c1)O[C@H](c1ccc(O)c(O)c1)[C@H](O)[C@H]2c1c(O)cc(O)c2c1OC(c1ccc(O)c(O)c1)[C@H](O)[C@H]2c1c(O)cc(O)c2c1O[C@H](c1ccc(O)c(O)c1)[C@H](O)C2. The van der Waals surface area contributed by atoms with E-state index in [9.17, 15) is 76.6 Å². The van der Waals surface area contributed by atoms with E-state index >= 15 is 0 Å². The van der Waals surface area contributed by atoms with Crippen molar-refractivity contribution >= 4 is 0 Å². The summed E-state index contributed by atoms with van der Waals surface area (Å²) in [5.41, 5.74) is -1.10. The van der Waals surface area contributed by atoms with Gasteiger partial charge in [-0.15, -0.1) is 0 Å². The Labute approximate surface area is 354 Å². The van der Waals surface area contributed by atoms with Gasteiger partial charge in [-0.25, -0.2) is 0 Å². The standard InChI is InChI=1S/C45H38O18/c46-18-10-27(54)33-32(11-18)61-42(16-2-5-21(48)25(52)8-16)39(59)37(33)35-29(56)14-30(57)36-38(40(60)43(63-45(35)36)17-3-6-22(49)26(53)9-17)34-28(55)13-23(50)19-12-31(58)41(62-44(19)34)15-1-4-20(47)24(51)7-15/h1-11,13-14,31,37-43,46-60H,12H2/t31-,37-,38+,39-,40-,41-,42-,43?/m1/s1. The number of phenols is 12. The van der Waals surface area contributed by atoms with Gasteiger partial charge in [0.1, 0.15) is 70.1 Å². The second kappa shape index (κ2) is 14.7. The van der Waals surface area contributed by atoms with E-state index in [-0.39, 0.29) is 62.4 Å². The van der Waals surface area contributed by atoms with E-state index in [1.54, 1.807) is 0 Å². The molecule has 3 heterocycles. The van der Waals surface area contributed by atoms with Gasteiger partial charge in [0.15, 0.2) is 46.7 Å². The maximum Gasteiger partial charge on any atom is 0.157 e. The normalized spacial score (nSPS) is 23.6. The highest BCUT2D eigenvalue weighted by Crippen LogP contribution is 2.62. The first-order valence-electron chi connectivity index (χ1n) is 19.3. The first kappa shape index (κ1) is 40.6. The summed E-state index contributed by atoms with van der Waals surface area (Å²) in [4.78, 5) is 0. The molecule has 0 radical (unpaired) electrons. The van der Waals surface area contributed by atoms with Gasteiger partial charge < -0.3 is 90.8 Å². The average Bonchev–Trinajstić information content (AvgIpc) is 3.22. The Morgan fingerprint density at radius 2 is 0.778 bits per heavy atom. The molecule has 9 rings (SSSR count). The molecule has 6 aromatic carbocycles. The summed E-state index contributed by atoms with van der Waals surface area (Å²) >= 11 is 0. The molecule has 0 aromatic heterocycles. The number of phenolic OH excluding ortho intramolecular Hbond substituents is 12. The third-order valence-corrected chi connectivity index (χ3v) is 11.8. The molecule has 0 bridgehead atoms. The lowest BCUT2D eigenvalue weighted by molar-refractivity contribution is -0.00562. The zero-order chi connectivity index (χ0) is 44.9. The summed E-state index contributed by atoms with van der Waals surface area (Å²) in [5, 5.41) is 166. The van der Waals surface area contributed by atoms with Crippen molar-refractivity contribution in [2.75, 3.05) is 0 Å². The number of ether oxygens (including phenoxy) is 3. The number of aromatic hydroxyl groups is 12. The van der Waals surface area contributed by atoms with Crippen LogP contribution in [0.15, 0.2) is 78.9 Å². The summed E-state index contributed by atoms with van der Waals surface area (Å²) in [6.07, 6.45) is -9.93. The number of rotatable bonds is 5. The molecule has 18 heteroatoms. The van der Waals surface area contributed by atoms with Crippen LogP contribution in [0, 0.1) is 0 Å². The van der Waals surface area contributed by atoms with Crippen LogP contribution in [0.4, 0.5) is 0 Å². The van der Waals surface area contributed by atoms with Gasteiger partial charge in [0.05, 0.1) is 17.9 Å². The molecular formula is C45H38O18. The van der Waals surface area contributed by atoms with Gasteiger partial charge in [-0.3, -0.25) is 0 Å². The molecule has 6 aromatic rings. The largest absolute Gasteiger partial charge is 0.508 e. The van der Waals surface area contributed by atoms with Crippen LogP contribution < -0.4 is 14.2 Å². The molecule has 18 nitrogen and oxygen atoms in total. The number of hydrogen-bond donors (Lipinski definition) is 15. The minimum atomic E-state index is -1.90. The lowest BCUT2D eigenvalue weighted by atomic mass is 9.73. The minimum absolute atomic E-state index is 0.0127. The van der Waals surface area contributed by atoms with Crippen molar-refractivity contribution in [2.45, 2.75) is 54.9 Å². The zero-order valence-electron chi connectivity index (χ0n) is 32.3. The molecule has 0 saturated heterocycles. The predicted octanol–water partition coefficient (Wildman–Crippen LogP) is 4.44. The van der Waals surface area contributed by atoms with Crippen molar-refractivity contribution in [3.63, 3.8) is 0 Å². The summed E-state index contributed by atoms with van der Waals surface area (Å²) in [6.45, 7) is 0. The molecular weight excluding hydrogens is 828 g/mol. The van der Waals surface area contributed by atoms with Crippen molar-refractivity contribution in [2.24, 2.45) is 0 Å². The average molecular weight is 867 g/mol. The van der Waals surface area contributed by atoms with E-state index in [1.165, 1.54) is 18.2 Å². The van der Waals surface area contributed by atoms with Crippen molar-refractivity contribution in [1.82, 2.24) is 0 Å². The Morgan fingerprint density at radius 1 is 0.365 bits per heavy atom. The smallest absolute Gasteiger partial charge is 0.157 e. The van der Waals surface area contributed by atoms with Crippen LogP contribution in [-0.2, 0) is 6.42 Å². The van der Waals surface area contributed by atoms with E-state index in [4.69, 9.17) is 14.2 Å². The van der Waals surface area contributed by atoms with Gasteiger partial charge in [-0.1, -0.05) is 18.2 Å². The van der Waals surface area contributed by atoms with Crippen molar-refractivity contribution in [3.05, 3.63) is 123 Å². The molecule has 3 aliphatic rings. The molecule has 3 aliphatic heterocycles. The van der Waals surface area contributed by atoms with Crippen molar-refractivity contribution < 1.29 is 90.8 Å². The van der Waals surface area contributed by atoms with Crippen LogP contribution in [0.1, 0.15) is 74.7 Å². The molecule has 0 saturated carbocycles. The van der Waals surface area contributed by atoms with Crippen LogP contribution in [-0.4, -0.2) is 94.9 Å². The number of hydrogen-bond acceptors (Lipinski definition) is 18. The quantitative estimate of drug-likeness (QED) is 0.106. The fourth-order valence-corrected chi connectivity index (χ4v) is 8.94. The van der Waals surface area contributed by atoms with Crippen LogP contribution in [0.2, 0.25) is 0 Å². The maximum absolute atomic E-state index is 12.5. The highest BCUT2D eigenvalue weighted by Gasteiger charge is 2.51. The van der Waals surface area contributed by atoms with E-state index in [0.717, 1.165) is 60.7 Å². The Morgan fingerprint density at radius 3 is 1.29 bits per heavy atom. The van der Waals surface area contributed by atoms with E-state index in [2.05, 4.69) is 0 Å². The third-order valence-electron chi connectivity index (χ3n) is 11.8. The van der Waals surface area contributed by atoms with Crippen LogP contribution in [0.5, 0.6) is 86.2 Å². The monoisotopic (exact) mass is 866 g/mol. The van der Waals surface area contributed by atoms with Gasteiger partial charge in [-0.05, 0) is 53.1 Å². The lowest BCUT2D eigenvalue weighted by Crippen LogP contribution is -2.39. The Kier molecular flexibility index (Phi) is 9.46. The van der Waals surface area contributed by atoms with E-state index in [0.29, 0.717) is 0 Å². The van der Waals surface area contributed by atoms with Gasteiger partial charge in [0, 0.05) is 58.5 Å². The Balaban J connectivity index is 1.31. The molecule has 8 atom stereocenters. The van der Waals surface area contributed by atoms with Gasteiger partial charge in [0.2, 0.25) is 0 Å². The van der Waals surface area contributed by atoms with Crippen LogP contribution >= 0.6 is 0 Å². The fraction of sp³-hybridized carbons (Fsp3) is 0.200. The van der Waals surface area contributed by atoms with E-state index < -0.39 is 123 Å². The predicted molar refractivity (Wildman–Crippen MR) is 214 cm³/mol. The van der Waals surface area contributed by atoms with Gasteiger partial charge >= 0.3 is 0 Å². The van der Waals surface area contributed by atoms with Gasteiger partial charge in [0.25, 0.3) is 0 Å². The third kappa shape index (κ3) is 6.46. The second-order valence-electron chi connectivity index (χ2n) is 15.7. The molecule has 0 spiro atoms. The first-order chi connectivity index (χ1) is 29.9. The molecule has 63 heavy (non-hydrogen) atoms. The molecule has 0 fully saturated rings. The number of fused-ring (bicyclic) bond motifs is 3. The number of benzene rings is 6. The zero-order valence-corrected chi connectivity index (χ0v) is 32.3. The minimum Gasteiger partial charge on any atom is -0.508 e. The summed E-state index contributed by atoms with van der Waals surface area (Å²) in [5.74, 6) is -11.5. The van der Waals surface area contributed by atoms with Crippen molar-refractivity contribution in [3.8, 4) is 86.2 Å². The molecule has 15 N–H and O–H groups in total.